The van der Waals surface area contributed by atoms with Crippen LogP contribution in [0.4, 0.5) is 11.4 Å². The fraction of sp³-hybridized carbons (Fsp3) is 0.444. The highest BCUT2D eigenvalue weighted by Crippen LogP contribution is 2.47. The topological polar surface area (TPSA) is 24.7 Å². The average molecular weight is 1240 g/mol. The van der Waals surface area contributed by atoms with E-state index >= 15 is 0 Å². The Morgan fingerprint density at radius 3 is 0.890 bits per heavy atom. The molecule has 8 heterocycles. The lowest BCUT2D eigenvalue weighted by Gasteiger charge is -2.03. The molecule has 9 aromatic rings. The van der Waals surface area contributed by atoms with Crippen LogP contribution in [-0.2, 0) is 25.7 Å². The summed E-state index contributed by atoms with van der Waals surface area (Å²) in [6.07, 6.45) is 40.5. The van der Waals surface area contributed by atoms with Gasteiger partial charge >= 0.3 is 0 Å². The van der Waals surface area contributed by atoms with Crippen LogP contribution < -0.4 is 0 Å². The van der Waals surface area contributed by atoms with Crippen molar-refractivity contribution in [2.75, 3.05) is 0 Å². The molecule has 0 fully saturated rings. The number of hydrogen-bond acceptors (Lipinski definition) is 10. The van der Waals surface area contributed by atoms with E-state index in [1.807, 2.05) is 90.7 Å². The summed E-state index contributed by atoms with van der Waals surface area (Å²) < 4.78 is 0. The van der Waals surface area contributed by atoms with E-state index in [0.29, 0.717) is 0 Å². The SMILES string of the molecule is CCCCCCCCc1ccsc1-c1ccc(-c2ccc(-c3sc(C=Nc4ccc(N=Cc5cc(CCCCCCCC)c(-c6ccc(-c7ccc(-c8sccc8CCCCCCCC)s7)s6)s5)cc4)cc3CCCCCCCC)s2)s1. The Kier molecular flexibility index (Phi) is 26.3. The summed E-state index contributed by atoms with van der Waals surface area (Å²) in [5.74, 6) is 0. The van der Waals surface area contributed by atoms with Crippen LogP contribution in [0.3, 0.4) is 0 Å². The van der Waals surface area contributed by atoms with Crippen LogP contribution in [-0.4, -0.2) is 12.4 Å². The van der Waals surface area contributed by atoms with Crippen LogP contribution in [0.1, 0.15) is 214 Å². The molecule has 0 amide bonds. The number of thiophene rings is 8. The van der Waals surface area contributed by atoms with Gasteiger partial charge in [0.2, 0.25) is 0 Å². The zero-order valence-electron chi connectivity index (χ0n) is 49.5. The normalized spacial score (nSPS) is 12.0. The van der Waals surface area contributed by atoms with Crippen LogP contribution in [0.15, 0.2) is 118 Å². The Morgan fingerprint density at radius 1 is 0.280 bits per heavy atom. The summed E-state index contributed by atoms with van der Waals surface area (Å²) in [7, 11) is 0. The molecule has 0 aliphatic heterocycles. The maximum atomic E-state index is 5.04. The van der Waals surface area contributed by atoms with Gasteiger partial charge in [-0.15, -0.1) is 90.7 Å². The Bertz CT molecular complexity index is 3080. The van der Waals surface area contributed by atoms with Gasteiger partial charge in [0, 0.05) is 80.7 Å². The van der Waals surface area contributed by atoms with Crippen molar-refractivity contribution in [1.29, 1.82) is 0 Å². The molecule has 8 aromatic heterocycles. The molecule has 0 saturated heterocycles. The molecule has 9 rings (SSSR count). The van der Waals surface area contributed by atoms with Crippen molar-refractivity contribution < 1.29 is 0 Å². The fourth-order valence-corrected chi connectivity index (χ4v) is 19.9. The van der Waals surface area contributed by atoms with Crippen molar-refractivity contribution in [3.63, 3.8) is 0 Å². The molecular weight excluding hydrogens is 1150 g/mol. The molecule has 0 radical (unpaired) electrons. The first-order chi connectivity index (χ1) is 40.5. The number of aliphatic imine (C=N–C) groups is 2. The summed E-state index contributed by atoms with van der Waals surface area (Å²) in [5, 5.41) is 4.59. The fourth-order valence-electron chi connectivity index (χ4n) is 11.0. The Hall–Kier alpha value is -3.84. The zero-order chi connectivity index (χ0) is 56.6. The highest BCUT2D eigenvalue weighted by Gasteiger charge is 2.19. The van der Waals surface area contributed by atoms with Crippen molar-refractivity contribution in [2.45, 2.75) is 207 Å². The lowest BCUT2D eigenvalue weighted by Crippen LogP contribution is -1.86. The van der Waals surface area contributed by atoms with Crippen molar-refractivity contribution in [1.82, 2.24) is 0 Å². The van der Waals surface area contributed by atoms with Gasteiger partial charge in [-0.25, -0.2) is 0 Å². The van der Waals surface area contributed by atoms with E-state index in [9.17, 15) is 0 Å². The number of benzene rings is 1. The van der Waals surface area contributed by atoms with Gasteiger partial charge in [0.05, 0.1) is 11.4 Å². The van der Waals surface area contributed by atoms with E-state index < -0.39 is 0 Å². The highest BCUT2D eigenvalue weighted by atomic mass is 32.1. The molecule has 2 nitrogen and oxygen atoms in total. The second kappa shape index (κ2) is 34.3. The monoisotopic (exact) mass is 1240 g/mol. The summed E-state index contributed by atoms with van der Waals surface area (Å²) in [6.45, 7) is 9.21. The average Bonchev–Trinajstić information content (AvgIpc) is 4.56. The molecule has 0 N–H and O–H groups in total. The van der Waals surface area contributed by atoms with Gasteiger partial charge in [-0.2, -0.15) is 0 Å². The van der Waals surface area contributed by atoms with Gasteiger partial charge < -0.3 is 0 Å². The summed E-state index contributed by atoms with van der Waals surface area (Å²) in [5.41, 5.74) is 7.90. The van der Waals surface area contributed by atoms with Gasteiger partial charge in [0.15, 0.2) is 0 Å². The third-order valence-electron chi connectivity index (χ3n) is 15.7. The Morgan fingerprint density at radius 2 is 0.561 bits per heavy atom. The van der Waals surface area contributed by atoms with E-state index in [-0.39, 0.29) is 0 Å². The minimum atomic E-state index is 0.953. The van der Waals surface area contributed by atoms with E-state index in [0.717, 1.165) is 24.2 Å². The lowest BCUT2D eigenvalue weighted by atomic mass is 10.0. The first-order valence-electron chi connectivity index (χ1n) is 31.5. The van der Waals surface area contributed by atoms with Gasteiger partial charge in [-0.3, -0.25) is 9.98 Å². The van der Waals surface area contributed by atoms with E-state index in [4.69, 9.17) is 9.98 Å². The number of hydrogen-bond donors (Lipinski definition) is 0. The van der Waals surface area contributed by atoms with Crippen LogP contribution >= 0.6 is 90.7 Å². The molecule has 1 aromatic carbocycles. The third kappa shape index (κ3) is 18.6. The smallest absolute Gasteiger partial charge is 0.0631 e. The Balaban J connectivity index is 0.857. The number of nitrogens with zero attached hydrogens (tertiary/aromatic N) is 2. The summed E-state index contributed by atoms with van der Waals surface area (Å²) in [4.78, 5) is 29.4. The number of unbranched alkanes of at least 4 members (excludes halogenated alkanes) is 20. The molecule has 0 aliphatic rings. The quantitative estimate of drug-likeness (QED) is 0.0272. The van der Waals surface area contributed by atoms with E-state index in [2.05, 4.69) is 148 Å². The van der Waals surface area contributed by atoms with Crippen LogP contribution in [0.2, 0.25) is 0 Å². The minimum Gasteiger partial charge on any atom is -0.255 e. The van der Waals surface area contributed by atoms with Crippen molar-refractivity contribution in [3.05, 3.63) is 140 Å². The van der Waals surface area contributed by atoms with Crippen molar-refractivity contribution >= 4 is 114 Å². The van der Waals surface area contributed by atoms with Gasteiger partial charge in [-0.05, 0) is 181 Å². The molecule has 0 bridgehead atoms. The minimum absolute atomic E-state index is 0.953. The second-order valence-electron chi connectivity index (χ2n) is 22.3. The molecule has 10 heteroatoms. The zero-order valence-corrected chi connectivity index (χ0v) is 56.0. The molecule has 0 aliphatic carbocycles. The highest BCUT2D eigenvalue weighted by molar-refractivity contribution is 7.29. The van der Waals surface area contributed by atoms with Crippen LogP contribution in [0, 0.1) is 0 Å². The van der Waals surface area contributed by atoms with Crippen LogP contribution in [0.25, 0.3) is 58.5 Å². The maximum absolute atomic E-state index is 5.04. The molecular formula is C72H88N2S8. The van der Waals surface area contributed by atoms with Gasteiger partial charge in [0.1, 0.15) is 0 Å². The lowest BCUT2D eigenvalue weighted by molar-refractivity contribution is 0.608. The molecule has 0 spiro atoms. The molecule has 434 valence electrons. The first-order valence-corrected chi connectivity index (χ1v) is 38.1. The summed E-state index contributed by atoms with van der Waals surface area (Å²) >= 11 is 15.5. The second-order valence-corrected chi connectivity index (χ2v) is 30.7. The van der Waals surface area contributed by atoms with E-state index in [1.165, 1.54) is 257 Å². The van der Waals surface area contributed by atoms with Gasteiger partial charge in [-0.1, -0.05) is 156 Å². The van der Waals surface area contributed by atoms with Crippen LogP contribution in [0.5, 0.6) is 0 Å². The predicted octanol–water partition coefficient (Wildman–Crippen LogP) is 27.3. The summed E-state index contributed by atoms with van der Waals surface area (Å²) in [6, 6.07) is 36.9. The van der Waals surface area contributed by atoms with Crippen molar-refractivity contribution in [2.24, 2.45) is 9.98 Å². The molecule has 0 saturated carbocycles. The standard InChI is InChI=1S/C72H88N2S8/c1-5-9-13-17-21-25-29-53-45-47-75-69(53)65-41-37-61(79-65)63-39-43-67(81-63)71-55(31-27-23-19-15-11-7-3)49-59(77-71)51-73-57-33-35-58(36-34-57)74-52-60-50-56(32-28-24-20-16-12-8-4)72(78-60)68-44-40-64(82-68)62-38-42-66(80-62)70-54(46-48-76-70)30-26-22-18-14-10-6-2/h33-52H,5-32H2,1-4H3. The number of rotatable bonds is 38. The predicted molar refractivity (Wildman–Crippen MR) is 378 cm³/mol. The van der Waals surface area contributed by atoms with Gasteiger partial charge in [0.25, 0.3) is 0 Å². The number of aryl methyl sites for hydroxylation is 4. The Labute approximate surface area is 525 Å². The van der Waals surface area contributed by atoms with Crippen molar-refractivity contribution in [3.8, 4) is 58.5 Å². The molecule has 0 atom stereocenters. The molecule has 82 heavy (non-hydrogen) atoms. The third-order valence-corrected chi connectivity index (χ3v) is 25.3. The first kappa shape index (κ1) is 62.7. The molecule has 0 unspecified atom stereocenters. The van der Waals surface area contributed by atoms with E-state index in [1.54, 1.807) is 0 Å². The largest absolute Gasteiger partial charge is 0.255 e. The maximum Gasteiger partial charge on any atom is 0.0631 e.